The van der Waals surface area contributed by atoms with Gasteiger partial charge < -0.3 is 15.5 Å². The lowest BCUT2D eigenvalue weighted by atomic mass is 9.85. The van der Waals surface area contributed by atoms with Gasteiger partial charge in [0, 0.05) is 18.7 Å². The van der Waals surface area contributed by atoms with E-state index in [1.54, 1.807) is 4.90 Å². The van der Waals surface area contributed by atoms with Crippen LogP contribution in [0.15, 0.2) is 24.3 Å². The summed E-state index contributed by atoms with van der Waals surface area (Å²) in [5.74, 6) is 0.851. The monoisotopic (exact) mass is 359 g/mol. The third-order valence-electron chi connectivity index (χ3n) is 5.24. The van der Waals surface area contributed by atoms with Gasteiger partial charge >= 0.3 is 0 Å². The van der Waals surface area contributed by atoms with E-state index in [0.29, 0.717) is 24.8 Å². The molecule has 0 bridgehead atoms. The summed E-state index contributed by atoms with van der Waals surface area (Å²) in [7, 11) is 0. The minimum Gasteiger partial charge on any atom is -0.333 e. The minimum atomic E-state index is -0.131. The smallest absolute Gasteiger partial charge is 0.244 e. The van der Waals surface area contributed by atoms with E-state index in [1.807, 2.05) is 38.1 Å². The molecule has 2 N–H and O–H groups in total. The Kier molecular flexibility index (Phi) is 8.10. The summed E-state index contributed by atoms with van der Waals surface area (Å²) >= 11 is 0. The highest BCUT2D eigenvalue weighted by Crippen LogP contribution is 2.23. The highest BCUT2D eigenvalue weighted by atomic mass is 16.2. The van der Waals surface area contributed by atoms with Gasteiger partial charge in [-0.15, -0.1) is 0 Å². The van der Waals surface area contributed by atoms with Gasteiger partial charge in [-0.2, -0.15) is 0 Å². The molecule has 5 nitrogen and oxygen atoms in total. The Labute approximate surface area is 157 Å². The first-order valence-corrected chi connectivity index (χ1v) is 9.85. The third-order valence-corrected chi connectivity index (χ3v) is 5.24. The highest BCUT2D eigenvalue weighted by Gasteiger charge is 2.25. The molecule has 5 heteroatoms. The third kappa shape index (κ3) is 6.13. The van der Waals surface area contributed by atoms with Crippen molar-refractivity contribution < 1.29 is 9.59 Å². The average Bonchev–Trinajstić information content (AvgIpc) is 2.64. The molecule has 1 aromatic rings. The van der Waals surface area contributed by atoms with Crippen LogP contribution in [0, 0.1) is 18.8 Å². The number of hydrogen-bond acceptors (Lipinski definition) is 3. The first-order chi connectivity index (χ1) is 12.5. The fourth-order valence-electron chi connectivity index (χ4n) is 3.57. The van der Waals surface area contributed by atoms with Crippen molar-refractivity contribution in [1.82, 2.24) is 10.2 Å². The first-order valence-electron chi connectivity index (χ1n) is 9.85. The van der Waals surface area contributed by atoms with Gasteiger partial charge in [0.25, 0.3) is 0 Å². The van der Waals surface area contributed by atoms with Gasteiger partial charge in [0.1, 0.15) is 0 Å². The number of piperidine rings is 1. The topological polar surface area (TPSA) is 61.4 Å². The molecule has 1 aromatic carbocycles. The van der Waals surface area contributed by atoms with Crippen LogP contribution in [-0.2, 0) is 9.59 Å². The van der Waals surface area contributed by atoms with Crippen LogP contribution in [0.4, 0.5) is 5.69 Å². The molecule has 2 rings (SSSR count). The number of nitrogens with one attached hydrogen (secondary N) is 2. The molecule has 2 atom stereocenters. The Morgan fingerprint density at radius 3 is 2.77 bits per heavy atom. The normalized spacial score (nSPS) is 18.2. The Hall–Kier alpha value is -1.88. The van der Waals surface area contributed by atoms with Crippen LogP contribution in [-0.4, -0.2) is 42.9 Å². The van der Waals surface area contributed by atoms with Crippen LogP contribution >= 0.6 is 0 Å². The zero-order chi connectivity index (χ0) is 18.9. The number of aryl methyl sites for hydroxylation is 1. The molecule has 1 fully saturated rings. The van der Waals surface area contributed by atoms with Crippen molar-refractivity contribution in [1.29, 1.82) is 0 Å². The predicted molar refractivity (Wildman–Crippen MR) is 106 cm³/mol. The number of hydrogen-bond donors (Lipinski definition) is 2. The summed E-state index contributed by atoms with van der Waals surface area (Å²) in [6.45, 7) is 8.98. The van der Waals surface area contributed by atoms with Crippen molar-refractivity contribution in [3.05, 3.63) is 29.8 Å². The maximum atomic E-state index is 12.8. The summed E-state index contributed by atoms with van der Waals surface area (Å²) in [5.41, 5.74) is 1.83. The average molecular weight is 360 g/mol. The van der Waals surface area contributed by atoms with Crippen LogP contribution in [0.3, 0.4) is 0 Å². The van der Waals surface area contributed by atoms with Gasteiger partial charge in [0.2, 0.25) is 11.8 Å². The zero-order valence-electron chi connectivity index (χ0n) is 16.4. The quantitative estimate of drug-likeness (QED) is 0.749. The van der Waals surface area contributed by atoms with E-state index in [2.05, 4.69) is 17.6 Å². The van der Waals surface area contributed by atoms with Crippen LogP contribution in [0.2, 0.25) is 0 Å². The fourth-order valence-corrected chi connectivity index (χ4v) is 3.57. The second-order valence-electron chi connectivity index (χ2n) is 7.47. The van der Waals surface area contributed by atoms with Crippen molar-refractivity contribution in [3.8, 4) is 0 Å². The fraction of sp³-hybridized carbons (Fsp3) is 0.619. The van der Waals surface area contributed by atoms with E-state index in [4.69, 9.17) is 0 Å². The molecule has 0 aliphatic carbocycles. The number of para-hydroxylation sites is 1. The molecule has 2 unspecified atom stereocenters. The molecule has 1 saturated heterocycles. The van der Waals surface area contributed by atoms with Crippen LogP contribution in [0.1, 0.15) is 45.1 Å². The van der Waals surface area contributed by atoms with E-state index < -0.39 is 0 Å². The summed E-state index contributed by atoms with van der Waals surface area (Å²) in [6.07, 6.45) is 3.73. The summed E-state index contributed by atoms with van der Waals surface area (Å²) in [4.78, 5) is 26.9. The SMILES string of the molecule is CCCN(CC(=O)Nc1ccccc1C)C(=O)CC(C)C1CCCNC1. The molecule has 0 radical (unpaired) electrons. The van der Waals surface area contributed by atoms with Crippen molar-refractivity contribution >= 4 is 17.5 Å². The van der Waals surface area contributed by atoms with Crippen molar-refractivity contribution in [3.63, 3.8) is 0 Å². The number of nitrogens with zero attached hydrogens (tertiary/aromatic N) is 1. The molecule has 144 valence electrons. The van der Waals surface area contributed by atoms with E-state index in [0.717, 1.165) is 30.8 Å². The molecule has 0 saturated carbocycles. The zero-order valence-corrected chi connectivity index (χ0v) is 16.4. The maximum Gasteiger partial charge on any atom is 0.244 e. The van der Waals surface area contributed by atoms with Crippen LogP contribution in [0.5, 0.6) is 0 Å². The highest BCUT2D eigenvalue weighted by molar-refractivity contribution is 5.95. The molecule has 0 aromatic heterocycles. The Balaban J connectivity index is 1.90. The van der Waals surface area contributed by atoms with Crippen LogP contribution in [0.25, 0.3) is 0 Å². The summed E-state index contributed by atoms with van der Waals surface area (Å²) < 4.78 is 0. The van der Waals surface area contributed by atoms with Gasteiger partial charge in [-0.05, 0) is 62.7 Å². The van der Waals surface area contributed by atoms with E-state index in [-0.39, 0.29) is 18.4 Å². The molecule has 0 spiro atoms. The van der Waals surface area contributed by atoms with Gasteiger partial charge in [-0.1, -0.05) is 32.0 Å². The minimum absolute atomic E-state index is 0.0878. The maximum absolute atomic E-state index is 12.8. The first kappa shape index (κ1) is 20.4. The number of anilines is 1. The van der Waals surface area contributed by atoms with Crippen molar-refractivity contribution in [2.45, 2.75) is 46.5 Å². The number of benzene rings is 1. The lowest BCUT2D eigenvalue weighted by molar-refractivity contribution is -0.135. The Morgan fingerprint density at radius 1 is 1.35 bits per heavy atom. The second-order valence-corrected chi connectivity index (χ2v) is 7.47. The standard InChI is InChI=1S/C21H33N3O2/c1-4-12-24(15-20(25)23-19-10-6-5-8-16(19)2)21(26)13-17(3)18-9-7-11-22-14-18/h5-6,8,10,17-18,22H,4,7,9,11-15H2,1-3H3,(H,23,25). The second kappa shape index (κ2) is 10.3. The van der Waals surface area contributed by atoms with Gasteiger partial charge in [0.05, 0.1) is 6.54 Å². The summed E-state index contributed by atoms with van der Waals surface area (Å²) in [6, 6.07) is 7.69. The lowest BCUT2D eigenvalue weighted by Gasteiger charge is -2.30. The molecule has 26 heavy (non-hydrogen) atoms. The van der Waals surface area contributed by atoms with E-state index >= 15 is 0 Å². The predicted octanol–water partition coefficient (Wildman–Crippen LogP) is 3.20. The van der Waals surface area contributed by atoms with Crippen LogP contribution < -0.4 is 10.6 Å². The van der Waals surface area contributed by atoms with E-state index in [1.165, 1.54) is 12.8 Å². The van der Waals surface area contributed by atoms with Gasteiger partial charge in [-0.25, -0.2) is 0 Å². The Morgan fingerprint density at radius 2 is 2.12 bits per heavy atom. The molecule has 1 aliphatic heterocycles. The lowest BCUT2D eigenvalue weighted by Crippen LogP contribution is -2.41. The largest absolute Gasteiger partial charge is 0.333 e. The number of carbonyl (C=O) groups is 2. The number of amides is 2. The number of rotatable bonds is 8. The van der Waals surface area contributed by atoms with Gasteiger partial charge in [0.15, 0.2) is 0 Å². The Bertz CT molecular complexity index is 597. The molecule has 1 aliphatic rings. The summed E-state index contributed by atoms with van der Waals surface area (Å²) in [5, 5.41) is 6.35. The van der Waals surface area contributed by atoms with E-state index in [9.17, 15) is 9.59 Å². The molecule has 1 heterocycles. The van der Waals surface area contributed by atoms with Gasteiger partial charge in [-0.3, -0.25) is 9.59 Å². The van der Waals surface area contributed by atoms with Crippen molar-refractivity contribution in [2.24, 2.45) is 11.8 Å². The molecular weight excluding hydrogens is 326 g/mol. The molecular formula is C21H33N3O2. The molecule has 2 amide bonds. The van der Waals surface area contributed by atoms with Crippen molar-refractivity contribution in [2.75, 3.05) is 31.5 Å². The number of carbonyl (C=O) groups excluding carboxylic acids is 2.